The molecule has 0 aliphatic carbocycles. The van der Waals surface area contributed by atoms with Crippen molar-refractivity contribution < 1.29 is 19.1 Å². The number of ether oxygens (including phenoxy) is 2. The zero-order valence-corrected chi connectivity index (χ0v) is 16.2. The number of methoxy groups -OCH3 is 2. The highest BCUT2D eigenvalue weighted by atomic mass is 32.2. The summed E-state index contributed by atoms with van der Waals surface area (Å²) in [6.45, 7) is 0. The van der Waals surface area contributed by atoms with Gasteiger partial charge in [-0.2, -0.15) is 0 Å². The van der Waals surface area contributed by atoms with Crippen LogP contribution in [0, 0.1) is 0 Å². The molecule has 0 unspecified atom stereocenters. The van der Waals surface area contributed by atoms with Crippen LogP contribution in [0.15, 0.2) is 81.4 Å². The van der Waals surface area contributed by atoms with E-state index in [2.05, 4.69) is 17.4 Å². The average molecular weight is 392 g/mol. The molecule has 3 aromatic rings. The predicted molar refractivity (Wildman–Crippen MR) is 107 cm³/mol. The summed E-state index contributed by atoms with van der Waals surface area (Å²) in [6.07, 6.45) is 0. The van der Waals surface area contributed by atoms with Crippen molar-refractivity contribution in [2.45, 2.75) is 14.7 Å². The first-order valence-electron chi connectivity index (χ1n) is 8.63. The van der Waals surface area contributed by atoms with Crippen LogP contribution < -0.4 is 5.32 Å². The van der Waals surface area contributed by atoms with Gasteiger partial charge in [-0.25, -0.2) is 9.59 Å². The van der Waals surface area contributed by atoms with Gasteiger partial charge in [0.15, 0.2) is 14.7 Å². The molecule has 5 nitrogen and oxygen atoms in total. The van der Waals surface area contributed by atoms with Gasteiger partial charge in [0.1, 0.15) is 10.9 Å². The number of carbonyl (C=O) groups is 2. The first kappa shape index (κ1) is 18.1. The summed E-state index contributed by atoms with van der Waals surface area (Å²) in [5.74, 6) is -0.986. The highest BCUT2D eigenvalue weighted by Crippen LogP contribution is 2.44. The van der Waals surface area contributed by atoms with Gasteiger partial charge < -0.3 is 14.8 Å². The number of esters is 2. The molecule has 0 amide bonds. The second kappa shape index (κ2) is 7.40. The van der Waals surface area contributed by atoms with E-state index in [1.807, 2.05) is 36.4 Å². The van der Waals surface area contributed by atoms with Crippen LogP contribution in [0.1, 0.15) is 20.7 Å². The van der Waals surface area contributed by atoms with E-state index in [0.717, 1.165) is 26.1 Å². The van der Waals surface area contributed by atoms with Crippen LogP contribution >= 0.6 is 0 Å². The summed E-state index contributed by atoms with van der Waals surface area (Å²) in [6, 6.07) is 21.2. The standard InChI is InChI=1S/C22H18NO4S/c1-26-21(24)14-11-15(22(25)27-2)13-16(12-14)28-19-9-5-3-7-17(19)23-18-8-4-6-10-20(18)28/h3-13,23H,1-2H3/q+1. The number of benzene rings is 3. The fourth-order valence-electron chi connectivity index (χ4n) is 3.20. The maximum atomic E-state index is 12.2. The number of carbonyl (C=O) groups excluding carboxylic acids is 2. The summed E-state index contributed by atoms with van der Waals surface area (Å²) in [5.41, 5.74) is 2.66. The number of para-hydroxylation sites is 2. The Morgan fingerprint density at radius 1 is 0.750 bits per heavy atom. The molecule has 0 radical (unpaired) electrons. The highest BCUT2D eigenvalue weighted by molar-refractivity contribution is 7.97. The van der Waals surface area contributed by atoms with E-state index in [0.29, 0.717) is 11.1 Å². The van der Waals surface area contributed by atoms with Gasteiger partial charge >= 0.3 is 11.9 Å². The normalized spacial score (nSPS) is 12.4. The van der Waals surface area contributed by atoms with Crippen LogP contribution in [0.5, 0.6) is 0 Å². The van der Waals surface area contributed by atoms with Gasteiger partial charge in [0.25, 0.3) is 0 Å². The molecule has 0 atom stereocenters. The Labute approximate surface area is 165 Å². The van der Waals surface area contributed by atoms with E-state index in [1.54, 1.807) is 12.1 Å². The number of fused-ring (bicyclic) bond motifs is 2. The first-order chi connectivity index (χ1) is 13.6. The van der Waals surface area contributed by atoms with Gasteiger partial charge in [-0.15, -0.1) is 0 Å². The molecule has 0 spiro atoms. The molecule has 0 saturated carbocycles. The van der Waals surface area contributed by atoms with E-state index >= 15 is 0 Å². The Morgan fingerprint density at radius 2 is 1.21 bits per heavy atom. The topological polar surface area (TPSA) is 64.6 Å². The van der Waals surface area contributed by atoms with E-state index in [4.69, 9.17) is 9.47 Å². The molecular weight excluding hydrogens is 374 g/mol. The second-order valence-electron chi connectivity index (χ2n) is 6.15. The fraction of sp³-hybridized carbons (Fsp3) is 0.0909. The molecule has 140 valence electrons. The third kappa shape index (κ3) is 3.12. The molecule has 1 aliphatic heterocycles. The highest BCUT2D eigenvalue weighted by Gasteiger charge is 2.38. The van der Waals surface area contributed by atoms with E-state index in [9.17, 15) is 9.59 Å². The molecule has 0 bridgehead atoms. The summed E-state index contributed by atoms with van der Waals surface area (Å²) < 4.78 is 9.77. The minimum atomic E-state index is -0.494. The largest absolute Gasteiger partial charge is 0.465 e. The van der Waals surface area contributed by atoms with Crippen molar-refractivity contribution in [3.8, 4) is 0 Å². The molecule has 3 aromatic carbocycles. The molecule has 1 N–H and O–H groups in total. The molecule has 0 aromatic heterocycles. The summed E-state index contributed by atoms with van der Waals surface area (Å²) in [7, 11) is 2.15. The molecule has 1 aliphatic rings. The van der Waals surface area contributed by atoms with Crippen LogP contribution in [-0.2, 0) is 20.4 Å². The number of anilines is 2. The number of hydrogen-bond acceptors (Lipinski definition) is 5. The Morgan fingerprint density at radius 3 is 1.68 bits per heavy atom. The van der Waals surface area contributed by atoms with Crippen LogP contribution in [-0.4, -0.2) is 26.2 Å². The lowest BCUT2D eigenvalue weighted by molar-refractivity contribution is 0.0598. The summed E-state index contributed by atoms with van der Waals surface area (Å²) >= 11 is 0. The SMILES string of the molecule is COC(=O)c1cc(C(=O)OC)cc([S+]2c3ccccc3Nc3ccccc32)c1. The van der Waals surface area contributed by atoms with Gasteiger partial charge in [-0.1, -0.05) is 24.3 Å². The Balaban J connectivity index is 1.96. The number of nitrogens with one attached hydrogen (secondary N) is 1. The number of rotatable bonds is 3. The van der Waals surface area contributed by atoms with E-state index in [-0.39, 0.29) is 0 Å². The zero-order chi connectivity index (χ0) is 19.7. The zero-order valence-electron chi connectivity index (χ0n) is 15.4. The summed E-state index contributed by atoms with van der Waals surface area (Å²) in [5, 5.41) is 3.46. The van der Waals surface area contributed by atoms with Crippen LogP contribution in [0.2, 0.25) is 0 Å². The Hall–Kier alpha value is -3.25. The average Bonchev–Trinajstić information content (AvgIpc) is 2.75. The maximum Gasteiger partial charge on any atom is 0.338 e. The van der Waals surface area contributed by atoms with Crippen molar-refractivity contribution in [3.63, 3.8) is 0 Å². The predicted octanol–water partition coefficient (Wildman–Crippen LogP) is 4.41. The third-order valence-electron chi connectivity index (χ3n) is 4.47. The second-order valence-corrected chi connectivity index (χ2v) is 8.12. The first-order valence-corrected chi connectivity index (χ1v) is 9.86. The monoisotopic (exact) mass is 392 g/mol. The molecule has 0 fully saturated rings. The fourth-order valence-corrected chi connectivity index (χ4v) is 5.54. The molecule has 0 saturated heterocycles. The quantitative estimate of drug-likeness (QED) is 0.413. The maximum absolute atomic E-state index is 12.2. The minimum absolute atomic E-state index is 0.321. The third-order valence-corrected chi connectivity index (χ3v) is 6.77. The lowest BCUT2D eigenvalue weighted by Crippen LogP contribution is -2.16. The number of hydrogen-bond donors (Lipinski definition) is 1. The molecular formula is C22H18NO4S+. The van der Waals surface area contributed by atoms with Crippen molar-refractivity contribution in [1.29, 1.82) is 0 Å². The molecule has 1 heterocycles. The summed E-state index contributed by atoms with van der Waals surface area (Å²) in [4.78, 5) is 27.5. The lowest BCUT2D eigenvalue weighted by Gasteiger charge is -2.21. The van der Waals surface area contributed by atoms with Crippen LogP contribution in [0.4, 0.5) is 11.4 Å². The van der Waals surface area contributed by atoms with E-state index < -0.39 is 22.8 Å². The van der Waals surface area contributed by atoms with Gasteiger partial charge in [-0.05, 0) is 30.3 Å². The van der Waals surface area contributed by atoms with Gasteiger partial charge in [-0.3, -0.25) is 0 Å². The Kier molecular flexibility index (Phi) is 4.79. The van der Waals surface area contributed by atoms with Crippen molar-refractivity contribution in [3.05, 3.63) is 77.9 Å². The van der Waals surface area contributed by atoms with Crippen molar-refractivity contribution in [2.75, 3.05) is 19.5 Å². The van der Waals surface area contributed by atoms with Crippen LogP contribution in [0.3, 0.4) is 0 Å². The Bertz CT molecular complexity index is 1000. The minimum Gasteiger partial charge on any atom is -0.465 e. The molecule has 6 heteroatoms. The van der Waals surface area contributed by atoms with Crippen molar-refractivity contribution in [1.82, 2.24) is 0 Å². The lowest BCUT2D eigenvalue weighted by atomic mass is 10.1. The van der Waals surface area contributed by atoms with Crippen molar-refractivity contribution in [2.24, 2.45) is 0 Å². The van der Waals surface area contributed by atoms with E-state index in [1.165, 1.54) is 20.3 Å². The van der Waals surface area contributed by atoms with Gasteiger partial charge in [0.05, 0.1) is 36.7 Å². The van der Waals surface area contributed by atoms with Crippen molar-refractivity contribution >= 4 is 34.2 Å². The van der Waals surface area contributed by atoms with Gasteiger partial charge in [0.2, 0.25) is 0 Å². The van der Waals surface area contributed by atoms with Crippen LogP contribution in [0.25, 0.3) is 0 Å². The molecule has 28 heavy (non-hydrogen) atoms. The smallest absolute Gasteiger partial charge is 0.338 e. The van der Waals surface area contributed by atoms with Gasteiger partial charge in [0, 0.05) is 12.1 Å². The molecule has 4 rings (SSSR count).